The predicted octanol–water partition coefficient (Wildman–Crippen LogP) is 7.53. The van der Waals surface area contributed by atoms with Crippen molar-refractivity contribution >= 4 is 21.8 Å². The van der Waals surface area contributed by atoms with Gasteiger partial charge in [-0.1, -0.05) is 46.8 Å². The molecule has 1 heterocycles. The molecule has 3 aromatic rings. The van der Waals surface area contributed by atoms with Crippen molar-refractivity contribution in [3.63, 3.8) is 0 Å². The number of unbranched alkanes of at least 4 members (excludes halogenated alkanes) is 2. The van der Waals surface area contributed by atoms with Crippen LogP contribution in [0.2, 0.25) is 0 Å². The molecule has 3 nitrogen and oxygen atoms in total. The van der Waals surface area contributed by atoms with E-state index in [0.29, 0.717) is 0 Å². The summed E-state index contributed by atoms with van der Waals surface area (Å²) >= 11 is 0. The third-order valence-corrected chi connectivity index (χ3v) is 7.61. The van der Waals surface area contributed by atoms with Crippen molar-refractivity contribution in [3.8, 4) is 0 Å². The van der Waals surface area contributed by atoms with Crippen LogP contribution in [0.1, 0.15) is 77.8 Å². The Hall–Kier alpha value is -1.84. The molecule has 0 saturated carbocycles. The summed E-state index contributed by atoms with van der Waals surface area (Å²) in [5, 5.41) is 2.91. The first-order valence-electron chi connectivity index (χ1n) is 14.1. The van der Waals surface area contributed by atoms with Crippen LogP contribution < -0.4 is 0 Å². The topological polar surface area (TPSA) is 11.4 Å². The normalized spacial score (nSPS) is 12.1. The summed E-state index contributed by atoms with van der Waals surface area (Å²) in [6, 6.07) is 14.5. The number of hydrogen-bond acceptors (Lipinski definition) is 2. The van der Waals surface area contributed by atoms with E-state index in [2.05, 4.69) is 85.4 Å². The molecular formula is C31H49N3. The van der Waals surface area contributed by atoms with Crippen LogP contribution in [0.4, 0.5) is 0 Å². The van der Waals surface area contributed by atoms with Gasteiger partial charge in [0, 0.05) is 28.4 Å². The molecule has 0 N–H and O–H groups in total. The van der Waals surface area contributed by atoms with Crippen molar-refractivity contribution in [2.45, 2.75) is 86.1 Å². The van der Waals surface area contributed by atoms with Gasteiger partial charge in [0.05, 0.1) is 0 Å². The lowest BCUT2D eigenvalue weighted by Crippen LogP contribution is -2.23. The molecule has 0 amide bonds. The van der Waals surface area contributed by atoms with E-state index in [-0.39, 0.29) is 0 Å². The maximum atomic E-state index is 2.54. The molecule has 1 aromatic heterocycles. The van der Waals surface area contributed by atoms with Crippen molar-refractivity contribution in [3.05, 3.63) is 47.5 Å². The quantitative estimate of drug-likeness (QED) is 0.203. The molecule has 0 spiro atoms. The molecule has 0 bridgehead atoms. The molecule has 0 fully saturated rings. The van der Waals surface area contributed by atoms with Crippen LogP contribution in [0, 0.1) is 0 Å². The van der Waals surface area contributed by atoms with Gasteiger partial charge in [-0.15, -0.1) is 0 Å². The molecule has 3 rings (SSSR count). The van der Waals surface area contributed by atoms with Crippen molar-refractivity contribution in [1.29, 1.82) is 0 Å². The molecule has 0 aliphatic carbocycles. The number of hydrogen-bond donors (Lipinski definition) is 0. The highest BCUT2D eigenvalue weighted by molar-refractivity contribution is 6.08. The van der Waals surface area contributed by atoms with Gasteiger partial charge in [-0.2, -0.15) is 0 Å². The molecule has 0 unspecified atom stereocenters. The van der Waals surface area contributed by atoms with Crippen molar-refractivity contribution in [2.75, 3.05) is 39.3 Å². The highest BCUT2D eigenvalue weighted by Crippen LogP contribution is 2.31. The minimum Gasteiger partial charge on any atom is -0.340 e. The maximum absolute atomic E-state index is 2.54. The summed E-state index contributed by atoms with van der Waals surface area (Å²) < 4.78 is 2.54. The smallest absolute Gasteiger partial charge is 0.0491 e. The van der Waals surface area contributed by atoms with E-state index >= 15 is 0 Å². The Labute approximate surface area is 209 Å². The average Bonchev–Trinajstić information content (AvgIpc) is 3.17. The summed E-state index contributed by atoms with van der Waals surface area (Å²) in [7, 11) is 0. The van der Waals surface area contributed by atoms with E-state index in [1.54, 1.807) is 0 Å². The standard InChI is InChI=1S/C31H49N3/c1-6-21-34-30-19-17-26(15-11-13-22-32(7-2)8-3)24-28(30)29-25-27(18-20-31(29)34)16-12-14-23-33(9-4)10-5/h17-20,24-25H,6-16,21-23H2,1-5H3. The molecule has 34 heavy (non-hydrogen) atoms. The number of aromatic nitrogens is 1. The summed E-state index contributed by atoms with van der Waals surface area (Å²) in [6.45, 7) is 19.5. The number of aryl methyl sites for hydroxylation is 3. The van der Waals surface area contributed by atoms with E-state index < -0.39 is 0 Å². The van der Waals surface area contributed by atoms with Gasteiger partial charge >= 0.3 is 0 Å². The Morgan fingerprint density at radius 2 is 1.03 bits per heavy atom. The SMILES string of the molecule is CCCn1c2ccc(CCCCN(CC)CC)cc2c2cc(CCCCN(CC)CC)ccc21. The van der Waals surface area contributed by atoms with Crippen molar-refractivity contribution < 1.29 is 0 Å². The summed E-state index contributed by atoms with van der Waals surface area (Å²) in [5.41, 5.74) is 5.80. The van der Waals surface area contributed by atoms with E-state index in [1.165, 1.54) is 91.0 Å². The number of rotatable bonds is 16. The van der Waals surface area contributed by atoms with Crippen LogP contribution in [0.5, 0.6) is 0 Å². The van der Waals surface area contributed by atoms with Gasteiger partial charge in [-0.25, -0.2) is 0 Å². The number of benzene rings is 2. The Bertz CT molecular complexity index is 917. The number of fused-ring (bicyclic) bond motifs is 3. The molecule has 0 atom stereocenters. The lowest BCUT2D eigenvalue weighted by Gasteiger charge is -2.17. The minimum absolute atomic E-state index is 1.09. The van der Waals surface area contributed by atoms with Gasteiger partial charge in [0.15, 0.2) is 0 Å². The zero-order valence-electron chi connectivity index (χ0n) is 22.7. The lowest BCUT2D eigenvalue weighted by molar-refractivity contribution is 0.297. The minimum atomic E-state index is 1.09. The van der Waals surface area contributed by atoms with Gasteiger partial charge in [-0.05, 0) is 120 Å². The molecule has 0 saturated heterocycles. The average molecular weight is 464 g/mol. The largest absolute Gasteiger partial charge is 0.340 e. The third-order valence-electron chi connectivity index (χ3n) is 7.61. The fourth-order valence-electron chi connectivity index (χ4n) is 5.38. The highest BCUT2D eigenvalue weighted by atomic mass is 15.1. The zero-order valence-corrected chi connectivity index (χ0v) is 22.7. The Morgan fingerprint density at radius 1 is 0.588 bits per heavy atom. The second-order valence-corrected chi connectivity index (χ2v) is 9.82. The molecule has 188 valence electrons. The zero-order chi connectivity index (χ0) is 24.3. The molecule has 3 heteroatoms. The first kappa shape index (κ1) is 26.8. The van der Waals surface area contributed by atoms with Crippen molar-refractivity contribution in [2.24, 2.45) is 0 Å². The number of nitrogens with zero attached hydrogens (tertiary/aromatic N) is 3. The van der Waals surface area contributed by atoms with Gasteiger partial charge in [0.2, 0.25) is 0 Å². The molecule has 0 aliphatic heterocycles. The maximum Gasteiger partial charge on any atom is 0.0491 e. The summed E-state index contributed by atoms with van der Waals surface area (Å²) in [4.78, 5) is 5.07. The predicted molar refractivity (Wildman–Crippen MR) is 151 cm³/mol. The van der Waals surface area contributed by atoms with Gasteiger partial charge < -0.3 is 14.4 Å². The molecule has 0 aliphatic rings. The van der Waals surface area contributed by atoms with Crippen LogP contribution in [-0.2, 0) is 19.4 Å². The fraction of sp³-hybridized carbons (Fsp3) is 0.613. The molecule has 2 aromatic carbocycles. The second kappa shape index (κ2) is 13.9. The van der Waals surface area contributed by atoms with Crippen LogP contribution in [0.3, 0.4) is 0 Å². The summed E-state index contributed by atoms with van der Waals surface area (Å²) in [6.07, 6.45) is 8.65. The van der Waals surface area contributed by atoms with Gasteiger partial charge in [-0.3, -0.25) is 0 Å². The Morgan fingerprint density at radius 3 is 1.41 bits per heavy atom. The van der Waals surface area contributed by atoms with E-state index in [9.17, 15) is 0 Å². The van der Waals surface area contributed by atoms with E-state index in [4.69, 9.17) is 0 Å². The van der Waals surface area contributed by atoms with Gasteiger partial charge in [0.25, 0.3) is 0 Å². The first-order chi connectivity index (χ1) is 16.6. The Kier molecular flexibility index (Phi) is 10.9. The fourth-order valence-corrected chi connectivity index (χ4v) is 5.38. The van der Waals surface area contributed by atoms with Crippen LogP contribution in [0.25, 0.3) is 21.8 Å². The highest BCUT2D eigenvalue weighted by Gasteiger charge is 2.12. The van der Waals surface area contributed by atoms with Crippen LogP contribution in [0.15, 0.2) is 36.4 Å². The Balaban J connectivity index is 1.75. The first-order valence-corrected chi connectivity index (χ1v) is 14.1. The van der Waals surface area contributed by atoms with Crippen LogP contribution >= 0.6 is 0 Å². The molecular weight excluding hydrogens is 414 g/mol. The third kappa shape index (κ3) is 6.86. The van der Waals surface area contributed by atoms with E-state index in [1.807, 2.05) is 0 Å². The molecule has 0 radical (unpaired) electrons. The lowest BCUT2D eigenvalue weighted by atomic mass is 10.0. The second-order valence-electron chi connectivity index (χ2n) is 9.82. The van der Waals surface area contributed by atoms with Crippen LogP contribution in [-0.4, -0.2) is 53.6 Å². The van der Waals surface area contributed by atoms with Crippen molar-refractivity contribution in [1.82, 2.24) is 14.4 Å². The van der Waals surface area contributed by atoms with E-state index in [0.717, 1.165) is 32.7 Å². The van der Waals surface area contributed by atoms with Gasteiger partial charge in [0.1, 0.15) is 0 Å². The monoisotopic (exact) mass is 463 g/mol. The summed E-state index contributed by atoms with van der Waals surface area (Å²) in [5.74, 6) is 0.